The molecule has 0 aliphatic heterocycles. The number of hydrazine groups is 1. The van der Waals surface area contributed by atoms with Crippen molar-refractivity contribution in [3.63, 3.8) is 0 Å². The zero-order valence-electron chi connectivity index (χ0n) is 17.7. The SMILES string of the molecule is CC(C)(C)c1ccc(OCC(=O)NNc2c3ccccc3nc3c(Cl)cccc23)cc1. The summed E-state index contributed by atoms with van der Waals surface area (Å²) in [4.78, 5) is 17.1. The summed E-state index contributed by atoms with van der Waals surface area (Å²) in [5.41, 5.74) is 9.25. The number of halogens is 1. The molecule has 0 spiro atoms. The zero-order chi connectivity index (χ0) is 22.0. The van der Waals surface area contributed by atoms with Crippen LogP contribution in [0.25, 0.3) is 21.8 Å². The monoisotopic (exact) mass is 433 g/mol. The molecular weight excluding hydrogens is 410 g/mol. The molecule has 0 unspecified atom stereocenters. The largest absolute Gasteiger partial charge is 0.484 e. The number of aromatic nitrogens is 1. The second kappa shape index (κ2) is 8.44. The number of hydrogen-bond acceptors (Lipinski definition) is 4. The molecule has 0 atom stereocenters. The Labute approximate surface area is 186 Å². The molecule has 4 rings (SSSR count). The maximum absolute atomic E-state index is 12.4. The van der Waals surface area contributed by atoms with E-state index in [0.29, 0.717) is 16.3 Å². The highest BCUT2D eigenvalue weighted by Crippen LogP contribution is 2.33. The number of nitrogens with one attached hydrogen (secondary N) is 2. The molecule has 31 heavy (non-hydrogen) atoms. The van der Waals surface area contributed by atoms with E-state index in [2.05, 4.69) is 36.6 Å². The van der Waals surface area contributed by atoms with Crippen LogP contribution in [0, 0.1) is 0 Å². The minimum absolute atomic E-state index is 0.0683. The molecule has 2 N–H and O–H groups in total. The quantitative estimate of drug-likeness (QED) is 0.305. The number of benzene rings is 3. The molecular formula is C25H24ClN3O2. The normalized spacial score (nSPS) is 11.5. The molecule has 0 bridgehead atoms. The average molecular weight is 434 g/mol. The molecule has 3 aromatic carbocycles. The molecule has 6 heteroatoms. The molecule has 0 aliphatic rings. The van der Waals surface area contributed by atoms with E-state index in [-0.39, 0.29) is 17.9 Å². The maximum atomic E-state index is 12.4. The van der Waals surface area contributed by atoms with Crippen molar-refractivity contribution in [3.8, 4) is 5.75 Å². The molecule has 0 aliphatic carbocycles. The highest BCUT2D eigenvalue weighted by atomic mass is 35.5. The van der Waals surface area contributed by atoms with Gasteiger partial charge in [0.05, 0.1) is 21.7 Å². The van der Waals surface area contributed by atoms with Gasteiger partial charge < -0.3 is 4.74 Å². The van der Waals surface area contributed by atoms with E-state index in [4.69, 9.17) is 16.3 Å². The fourth-order valence-electron chi connectivity index (χ4n) is 3.38. The Morgan fingerprint density at radius 1 is 0.968 bits per heavy atom. The van der Waals surface area contributed by atoms with E-state index in [1.807, 2.05) is 60.7 Å². The number of nitrogens with zero attached hydrogens (tertiary/aromatic N) is 1. The van der Waals surface area contributed by atoms with Crippen LogP contribution in [0.1, 0.15) is 26.3 Å². The van der Waals surface area contributed by atoms with Crippen molar-refractivity contribution in [1.29, 1.82) is 0 Å². The molecule has 0 saturated heterocycles. The third-order valence-electron chi connectivity index (χ3n) is 5.08. The van der Waals surface area contributed by atoms with E-state index < -0.39 is 0 Å². The summed E-state index contributed by atoms with van der Waals surface area (Å²) in [5, 5.41) is 2.26. The molecule has 1 aromatic heterocycles. The van der Waals surface area contributed by atoms with Crippen molar-refractivity contribution in [2.75, 3.05) is 12.0 Å². The predicted octanol–water partition coefficient (Wildman–Crippen LogP) is 5.86. The Morgan fingerprint density at radius 3 is 2.42 bits per heavy atom. The second-order valence-corrected chi connectivity index (χ2v) is 8.78. The number of rotatable bonds is 5. The van der Waals surface area contributed by atoms with Gasteiger partial charge in [-0.05, 0) is 35.2 Å². The van der Waals surface area contributed by atoms with Crippen molar-refractivity contribution < 1.29 is 9.53 Å². The number of amides is 1. The number of carbonyl (C=O) groups is 1. The van der Waals surface area contributed by atoms with Crippen LogP contribution >= 0.6 is 11.6 Å². The minimum atomic E-state index is -0.295. The van der Waals surface area contributed by atoms with E-state index in [9.17, 15) is 4.79 Å². The van der Waals surface area contributed by atoms with E-state index in [1.54, 1.807) is 6.07 Å². The minimum Gasteiger partial charge on any atom is -0.484 e. The third kappa shape index (κ3) is 4.57. The molecule has 158 valence electrons. The summed E-state index contributed by atoms with van der Waals surface area (Å²) < 4.78 is 5.63. The first-order valence-corrected chi connectivity index (χ1v) is 10.5. The van der Waals surface area contributed by atoms with Gasteiger partial charge in [-0.3, -0.25) is 15.6 Å². The molecule has 1 heterocycles. The predicted molar refractivity (Wildman–Crippen MR) is 127 cm³/mol. The van der Waals surface area contributed by atoms with Crippen molar-refractivity contribution in [3.05, 3.63) is 77.3 Å². The van der Waals surface area contributed by atoms with Gasteiger partial charge in [-0.2, -0.15) is 0 Å². The van der Waals surface area contributed by atoms with Gasteiger partial charge in [0.25, 0.3) is 5.91 Å². The topological polar surface area (TPSA) is 63.2 Å². The number of carbonyl (C=O) groups excluding carboxylic acids is 1. The van der Waals surface area contributed by atoms with Gasteiger partial charge in [0.1, 0.15) is 5.75 Å². The second-order valence-electron chi connectivity index (χ2n) is 8.38. The van der Waals surface area contributed by atoms with Crippen molar-refractivity contribution in [2.45, 2.75) is 26.2 Å². The first-order chi connectivity index (χ1) is 14.8. The van der Waals surface area contributed by atoms with Gasteiger partial charge in [-0.1, -0.05) is 74.8 Å². The number of fused-ring (bicyclic) bond motifs is 2. The molecule has 0 radical (unpaired) electrons. The summed E-state index contributed by atoms with van der Waals surface area (Å²) in [5.74, 6) is 0.353. The molecule has 5 nitrogen and oxygen atoms in total. The number of pyridine rings is 1. The van der Waals surface area contributed by atoms with Crippen LogP contribution in [0.3, 0.4) is 0 Å². The van der Waals surface area contributed by atoms with Crippen molar-refractivity contribution >= 4 is 45.0 Å². The van der Waals surface area contributed by atoms with Crippen LogP contribution in [0.5, 0.6) is 5.75 Å². The Bertz CT molecular complexity index is 1250. The summed E-state index contributed by atoms with van der Waals surface area (Å²) in [6, 6.07) is 21.1. The molecule has 4 aromatic rings. The van der Waals surface area contributed by atoms with Crippen molar-refractivity contribution in [2.24, 2.45) is 0 Å². The number of anilines is 1. The van der Waals surface area contributed by atoms with Gasteiger partial charge in [0.15, 0.2) is 6.61 Å². The summed E-state index contributed by atoms with van der Waals surface area (Å²) >= 11 is 6.35. The number of ether oxygens (including phenoxy) is 1. The highest BCUT2D eigenvalue weighted by Gasteiger charge is 2.14. The van der Waals surface area contributed by atoms with E-state index in [1.165, 1.54) is 5.56 Å². The lowest BCUT2D eigenvalue weighted by Crippen LogP contribution is -2.33. The molecule has 0 saturated carbocycles. The number of hydrogen-bond donors (Lipinski definition) is 2. The van der Waals surface area contributed by atoms with Gasteiger partial charge >= 0.3 is 0 Å². The molecule has 0 fully saturated rings. The van der Waals surface area contributed by atoms with Crippen LogP contribution in [0.15, 0.2) is 66.7 Å². The van der Waals surface area contributed by atoms with E-state index >= 15 is 0 Å². The summed E-state index contributed by atoms with van der Waals surface area (Å²) in [6.07, 6.45) is 0. The van der Waals surface area contributed by atoms with E-state index in [0.717, 1.165) is 22.0 Å². The summed E-state index contributed by atoms with van der Waals surface area (Å²) in [7, 11) is 0. The summed E-state index contributed by atoms with van der Waals surface area (Å²) in [6.45, 7) is 6.36. The maximum Gasteiger partial charge on any atom is 0.276 e. The Kier molecular flexibility index (Phi) is 5.70. The lowest BCUT2D eigenvalue weighted by Gasteiger charge is -2.19. The lowest BCUT2D eigenvalue weighted by atomic mass is 9.87. The fourth-order valence-corrected chi connectivity index (χ4v) is 3.60. The first-order valence-electron chi connectivity index (χ1n) is 10.1. The average Bonchev–Trinajstić information content (AvgIpc) is 2.75. The van der Waals surface area contributed by atoms with Gasteiger partial charge in [-0.25, -0.2) is 4.98 Å². The van der Waals surface area contributed by atoms with Crippen LogP contribution in [0.2, 0.25) is 5.02 Å². The van der Waals surface area contributed by atoms with Gasteiger partial charge in [-0.15, -0.1) is 0 Å². The number of para-hydroxylation sites is 2. The lowest BCUT2D eigenvalue weighted by molar-refractivity contribution is -0.122. The molecule has 1 amide bonds. The third-order valence-corrected chi connectivity index (χ3v) is 5.38. The first kappa shape index (κ1) is 20.9. The standard InChI is InChI=1S/C25H24ClN3O2/c1-25(2,3)16-11-13-17(14-12-16)31-15-22(30)28-29-23-18-7-4-5-10-21(18)27-24-19(23)8-6-9-20(24)26/h4-14H,15H2,1-3H3,(H,27,29)(H,28,30). The Balaban J connectivity index is 1.48. The van der Waals surface area contributed by atoms with Crippen molar-refractivity contribution in [1.82, 2.24) is 10.4 Å². The zero-order valence-corrected chi connectivity index (χ0v) is 18.5. The van der Waals surface area contributed by atoms with Crippen LogP contribution in [-0.2, 0) is 10.2 Å². The Morgan fingerprint density at radius 2 is 1.68 bits per heavy atom. The highest BCUT2D eigenvalue weighted by molar-refractivity contribution is 6.35. The fraction of sp³-hybridized carbons (Fsp3) is 0.200. The Hall–Kier alpha value is -3.31. The van der Waals surface area contributed by atoms with Gasteiger partial charge in [0, 0.05) is 10.8 Å². The van der Waals surface area contributed by atoms with Gasteiger partial charge in [0.2, 0.25) is 0 Å². The smallest absolute Gasteiger partial charge is 0.276 e. The van der Waals surface area contributed by atoms with Crippen LogP contribution in [-0.4, -0.2) is 17.5 Å². The van der Waals surface area contributed by atoms with Crippen LogP contribution in [0.4, 0.5) is 5.69 Å². The van der Waals surface area contributed by atoms with Crippen LogP contribution < -0.4 is 15.6 Å².